The Morgan fingerprint density at radius 2 is 2.06 bits per heavy atom. The fourth-order valence-electron chi connectivity index (χ4n) is 1.49. The number of aryl methyl sites for hydroxylation is 1. The molecule has 0 fully saturated rings. The zero-order chi connectivity index (χ0) is 13.7. The van der Waals surface area contributed by atoms with Crippen molar-refractivity contribution >= 4 is 11.9 Å². The molecule has 0 saturated carbocycles. The molecule has 0 saturated heterocycles. The molecule has 0 radical (unpaired) electrons. The number of amides is 1. The molecule has 0 spiro atoms. The van der Waals surface area contributed by atoms with E-state index < -0.39 is 17.7 Å². The van der Waals surface area contributed by atoms with Gasteiger partial charge in [0.1, 0.15) is 12.4 Å². The second kappa shape index (κ2) is 6.14. The Bertz CT molecular complexity index is 460. The molecule has 0 atom stereocenters. The van der Waals surface area contributed by atoms with E-state index in [0.717, 1.165) is 4.90 Å². The van der Waals surface area contributed by atoms with E-state index in [1.807, 2.05) is 0 Å². The molecular formula is C13H16FNO3. The zero-order valence-corrected chi connectivity index (χ0v) is 10.7. The van der Waals surface area contributed by atoms with Crippen molar-refractivity contribution in [2.45, 2.75) is 13.8 Å². The lowest BCUT2D eigenvalue weighted by Gasteiger charge is -2.16. The van der Waals surface area contributed by atoms with E-state index in [1.54, 1.807) is 26.0 Å². The van der Waals surface area contributed by atoms with Crippen molar-refractivity contribution in [2.75, 3.05) is 20.2 Å². The topological polar surface area (TPSA) is 46.6 Å². The Morgan fingerprint density at radius 3 is 2.67 bits per heavy atom. The van der Waals surface area contributed by atoms with Crippen molar-refractivity contribution in [2.24, 2.45) is 0 Å². The van der Waals surface area contributed by atoms with Gasteiger partial charge >= 0.3 is 5.97 Å². The van der Waals surface area contributed by atoms with Crippen molar-refractivity contribution < 1.29 is 18.7 Å². The third-order valence-electron chi connectivity index (χ3n) is 2.44. The highest BCUT2D eigenvalue weighted by molar-refractivity contribution is 5.96. The molecule has 0 aliphatic rings. The normalized spacial score (nSPS) is 10.0. The second-order valence-electron chi connectivity index (χ2n) is 3.90. The number of hydrogen-bond donors (Lipinski definition) is 0. The van der Waals surface area contributed by atoms with Crippen LogP contribution in [-0.2, 0) is 9.53 Å². The fourth-order valence-corrected chi connectivity index (χ4v) is 1.49. The Labute approximate surface area is 105 Å². The molecule has 1 amide bonds. The van der Waals surface area contributed by atoms with E-state index in [0.29, 0.717) is 5.56 Å². The number of nitrogens with zero attached hydrogens (tertiary/aromatic N) is 1. The third kappa shape index (κ3) is 3.29. The minimum atomic E-state index is -0.557. The average Bonchev–Trinajstić information content (AvgIpc) is 2.32. The SMILES string of the molecule is CCOC(=O)CN(C)C(=O)c1cccc(C)c1F. The van der Waals surface area contributed by atoms with Gasteiger partial charge in [0.05, 0.1) is 12.2 Å². The Balaban J connectivity index is 2.81. The molecule has 0 aromatic heterocycles. The molecule has 18 heavy (non-hydrogen) atoms. The summed E-state index contributed by atoms with van der Waals surface area (Å²) in [5, 5.41) is 0. The van der Waals surface area contributed by atoms with E-state index in [2.05, 4.69) is 0 Å². The number of halogens is 1. The number of benzene rings is 1. The Hall–Kier alpha value is -1.91. The Kier molecular flexibility index (Phi) is 4.83. The van der Waals surface area contributed by atoms with Gasteiger partial charge in [-0.2, -0.15) is 0 Å². The van der Waals surface area contributed by atoms with E-state index in [-0.39, 0.29) is 18.7 Å². The summed E-state index contributed by atoms with van der Waals surface area (Å²) in [6, 6.07) is 4.58. The number of rotatable bonds is 4. The predicted octanol–water partition coefficient (Wildman–Crippen LogP) is 1.77. The maximum atomic E-state index is 13.7. The maximum Gasteiger partial charge on any atom is 0.325 e. The van der Waals surface area contributed by atoms with Crippen LogP contribution in [0.5, 0.6) is 0 Å². The first-order valence-corrected chi connectivity index (χ1v) is 5.63. The summed E-state index contributed by atoms with van der Waals surface area (Å²) in [6.07, 6.45) is 0. The fraction of sp³-hybridized carbons (Fsp3) is 0.385. The van der Waals surface area contributed by atoms with Crippen LogP contribution in [0, 0.1) is 12.7 Å². The van der Waals surface area contributed by atoms with Gasteiger partial charge in [0, 0.05) is 7.05 Å². The lowest BCUT2D eigenvalue weighted by atomic mass is 10.1. The lowest BCUT2D eigenvalue weighted by Crippen LogP contribution is -2.33. The van der Waals surface area contributed by atoms with Gasteiger partial charge in [-0.1, -0.05) is 12.1 Å². The zero-order valence-electron chi connectivity index (χ0n) is 10.7. The molecule has 98 valence electrons. The van der Waals surface area contributed by atoms with Gasteiger partial charge < -0.3 is 9.64 Å². The van der Waals surface area contributed by atoms with Gasteiger partial charge in [-0.25, -0.2) is 4.39 Å². The van der Waals surface area contributed by atoms with Crippen molar-refractivity contribution in [1.82, 2.24) is 4.90 Å². The number of carbonyl (C=O) groups excluding carboxylic acids is 2. The molecule has 0 unspecified atom stereocenters. The minimum Gasteiger partial charge on any atom is -0.465 e. The van der Waals surface area contributed by atoms with Crippen LogP contribution in [0.2, 0.25) is 0 Å². The first-order valence-electron chi connectivity index (χ1n) is 5.63. The first kappa shape index (κ1) is 14.2. The number of carbonyl (C=O) groups is 2. The van der Waals surface area contributed by atoms with Crippen LogP contribution in [0.1, 0.15) is 22.8 Å². The maximum absolute atomic E-state index is 13.7. The molecule has 1 rings (SSSR count). The molecule has 0 aliphatic heterocycles. The largest absolute Gasteiger partial charge is 0.465 e. The summed E-state index contributed by atoms with van der Waals surface area (Å²) in [6.45, 7) is 3.32. The van der Waals surface area contributed by atoms with Crippen LogP contribution >= 0.6 is 0 Å². The first-order chi connectivity index (χ1) is 8.47. The van der Waals surface area contributed by atoms with Crippen LogP contribution in [0.3, 0.4) is 0 Å². The van der Waals surface area contributed by atoms with Crippen LogP contribution in [-0.4, -0.2) is 37.0 Å². The van der Waals surface area contributed by atoms with Gasteiger partial charge in [-0.3, -0.25) is 9.59 Å². The molecule has 0 bridgehead atoms. The van der Waals surface area contributed by atoms with E-state index in [9.17, 15) is 14.0 Å². The van der Waals surface area contributed by atoms with Crippen LogP contribution in [0.25, 0.3) is 0 Å². The van der Waals surface area contributed by atoms with Gasteiger partial charge in [0.2, 0.25) is 0 Å². The number of ether oxygens (including phenoxy) is 1. The van der Waals surface area contributed by atoms with Crippen molar-refractivity contribution in [3.63, 3.8) is 0 Å². The highest BCUT2D eigenvalue weighted by Gasteiger charge is 2.19. The van der Waals surface area contributed by atoms with Crippen LogP contribution in [0.15, 0.2) is 18.2 Å². The molecule has 4 nitrogen and oxygen atoms in total. The number of hydrogen-bond acceptors (Lipinski definition) is 3. The van der Waals surface area contributed by atoms with Crippen LogP contribution in [0.4, 0.5) is 4.39 Å². The van der Waals surface area contributed by atoms with E-state index >= 15 is 0 Å². The number of likely N-dealkylation sites (N-methyl/N-ethyl adjacent to an activating group) is 1. The molecule has 0 N–H and O–H groups in total. The lowest BCUT2D eigenvalue weighted by molar-refractivity contribution is -0.143. The standard InChI is InChI=1S/C13H16FNO3/c1-4-18-11(16)8-15(3)13(17)10-7-5-6-9(2)12(10)14/h5-7H,4,8H2,1-3H3. The quantitative estimate of drug-likeness (QED) is 0.768. The molecule has 1 aromatic rings. The van der Waals surface area contributed by atoms with Crippen molar-refractivity contribution in [3.8, 4) is 0 Å². The molecule has 5 heteroatoms. The minimum absolute atomic E-state index is 0.0400. The molecular weight excluding hydrogens is 237 g/mol. The van der Waals surface area contributed by atoms with E-state index in [4.69, 9.17) is 4.74 Å². The molecule has 1 aromatic carbocycles. The summed E-state index contributed by atoms with van der Waals surface area (Å²) in [5.41, 5.74) is 0.354. The second-order valence-corrected chi connectivity index (χ2v) is 3.90. The number of esters is 1. The van der Waals surface area contributed by atoms with Gasteiger partial charge in [0.15, 0.2) is 0 Å². The van der Waals surface area contributed by atoms with Gasteiger partial charge in [-0.15, -0.1) is 0 Å². The van der Waals surface area contributed by atoms with Crippen LogP contribution < -0.4 is 0 Å². The molecule has 0 heterocycles. The summed E-state index contributed by atoms with van der Waals surface area (Å²) in [4.78, 5) is 24.3. The highest BCUT2D eigenvalue weighted by atomic mass is 19.1. The van der Waals surface area contributed by atoms with Gasteiger partial charge in [-0.05, 0) is 25.5 Å². The van der Waals surface area contributed by atoms with E-state index in [1.165, 1.54) is 13.1 Å². The Morgan fingerprint density at radius 1 is 1.39 bits per heavy atom. The third-order valence-corrected chi connectivity index (χ3v) is 2.44. The summed E-state index contributed by atoms with van der Waals surface area (Å²) in [7, 11) is 1.43. The average molecular weight is 253 g/mol. The monoisotopic (exact) mass is 253 g/mol. The highest BCUT2D eigenvalue weighted by Crippen LogP contribution is 2.13. The van der Waals surface area contributed by atoms with Crippen molar-refractivity contribution in [3.05, 3.63) is 35.1 Å². The molecule has 0 aliphatic carbocycles. The van der Waals surface area contributed by atoms with Gasteiger partial charge in [0.25, 0.3) is 5.91 Å². The predicted molar refractivity (Wildman–Crippen MR) is 64.7 cm³/mol. The van der Waals surface area contributed by atoms with Crippen molar-refractivity contribution in [1.29, 1.82) is 0 Å². The summed E-state index contributed by atoms with van der Waals surface area (Å²) in [5.74, 6) is -1.61. The smallest absolute Gasteiger partial charge is 0.325 e. The summed E-state index contributed by atoms with van der Waals surface area (Å²) >= 11 is 0. The summed E-state index contributed by atoms with van der Waals surface area (Å²) < 4.78 is 18.5.